The molecule has 3 heterocycles. The van der Waals surface area contributed by atoms with Crippen LogP contribution in [-0.2, 0) is 10.3 Å². The van der Waals surface area contributed by atoms with E-state index in [1.807, 2.05) is 4.90 Å². The van der Waals surface area contributed by atoms with Crippen molar-refractivity contribution in [3.63, 3.8) is 0 Å². The van der Waals surface area contributed by atoms with Gasteiger partial charge in [-0.15, -0.1) is 0 Å². The molecule has 34 heavy (non-hydrogen) atoms. The second kappa shape index (κ2) is 8.20. The van der Waals surface area contributed by atoms with Crippen molar-refractivity contribution >= 4 is 46.0 Å². The third kappa shape index (κ3) is 3.73. The van der Waals surface area contributed by atoms with E-state index in [4.69, 9.17) is 17.3 Å². The maximum Gasteiger partial charge on any atom is 0.274 e. The first-order chi connectivity index (χ1) is 16.1. The van der Waals surface area contributed by atoms with Gasteiger partial charge in [0.1, 0.15) is 10.4 Å². The van der Waals surface area contributed by atoms with Gasteiger partial charge in [0.25, 0.3) is 5.91 Å². The highest BCUT2D eigenvalue weighted by atomic mass is 35.5. The summed E-state index contributed by atoms with van der Waals surface area (Å²) in [7, 11) is 0. The Morgan fingerprint density at radius 3 is 2.68 bits per heavy atom. The molecule has 3 atom stereocenters. The number of rotatable bonds is 4. The van der Waals surface area contributed by atoms with E-state index in [-0.39, 0.29) is 33.9 Å². The lowest BCUT2D eigenvalue weighted by molar-refractivity contribution is -0.130. The average Bonchev–Trinajstić information content (AvgIpc) is 3.30. The van der Waals surface area contributed by atoms with Gasteiger partial charge in [0.15, 0.2) is 16.8 Å². The fourth-order valence-corrected chi connectivity index (χ4v) is 6.54. The summed E-state index contributed by atoms with van der Waals surface area (Å²) in [6.45, 7) is 3.03. The summed E-state index contributed by atoms with van der Waals surface area (Å²) < 4.78 is 29.0. The Bertz CT molecular complexity index is 1220. The summed E-state index contributed by atoms with van der Waals surface area (Å²) in [6, 6.07) is 5.17. The Labute approximate surface area is 204 Å². The van der Waals surface area contributed by atoms with Crippen LogP contribution in [0.25, 0.3) is 0 Å². The lowest BCUT2D eigenvalue weighted by Crippen LogP contribution is -2.45. The largest absolute Gasteiger partial charge is 0.378 e. The van der Waals surface area contributed by atoms with Crippen LogP contribution in [0.1, 0.15) is 42.2 Å². The number of amides is 2. The lowest BCUT2D eigenvalue weighted by atomic mass is 9.85. The summed E-state index contributed by atoms with van der Waals surface area (Å²) in [5, 5.41) is 3.07. The molecule has 1 saturated carbocycles. The number of nitrogens with two attached hydrogens (primary N) is 1. The number of benzene rings is 1. The van der Waals surface area contributed by atoms with Crippen molar-refractivity contribution in [2.24, 2.45) is 16.6 Å². The van der Waals surface area contributed by atoms with Crippen LogP contribution >= 0.6 is 23.4 Å². The first-order valence-corrected chi connectivity index (χ1v) is 12.1. The van der Waals surface area contributed by atoms with Gasteiger partial charge < -0.3 is 16.0 Å². The number of hydrogen-bond acceptors (Lipinski definition) is 6. The molecule has 2 fully saturated rings. The van der Waals surface area contributed by atoms with Gasteiger partial charge in [0.05, 0.1) is 10.6 Å². The Kier molecular flexibility index (Phi) is 5.55. The second-order valence-electron chi connectivity index (χ2n) is 8.98. The first-order valence-electron chi connectivity index (χ1n) is 10.9. The fourth-order valence-electron chi connectivity index (χ4n) is 4.98. The molecule has 11 heteroatoms. The molecular formula is C23H22ClF2N5O2S. The zero-order valence-electron chi connectivity index (χ0n) is 18.3. The van der Waals surface area contributed by atoms with Crippen LogP contribution < -0.4 is 11.1 Å². The Morgan fingerprint density at radius 1 is 1.26 bits per heavy atom. The standard InChI is InChI=1S/C23H22ClF2N5O2S/c1-22(17-10-23(17,34-21(27)30-22)20(33)31-6-2-3-7-31)14-8-13(9-15(25)18(14)26)29-19(32)16-5-4-12(24)11-28-16/h4-5,8-9,11,17H,2-3,6-7,10H2,1H3,(H2,27,30)(H,29,32)/t17-,22+,23-/m0/s1. The Morgan fingerprint density at radius 2 is 2.00 bits per heavy atom. The van der Waals surface area contributed by atoms with Crippen molar-refractivity contribution in [1.82, 2.24) is 9.88 Å². The Hall–Kier alpha value is -2.72. The van der Waals surface area contributed by atoms with Gasteiger partial charge in [-0.2, -0.15) is 0 Å². The monoisotopic (exact) mass is 505 g/mol. The smallest absolute Gasteiger partial charge is 0.274 e. The number of aromatic nitrogens is 1. The summed E-state index contributed by atoms with van der Waals surface area (Å²) in [5.74, 6) is -3.21. The van der Waals surface area contributed by atoms with E-state index in [2.05, 4.69) is 15.3 Å². The highest BCUT2D eigenvalue weighted by Gasteiger charge is 2.71. The van der Waals surface area contributed by atoms with E-state index < -0.39 is 27.8 Å². The number of carbonyl (C=O) groups is 2. The van der Waals surface area contributed by atoms with Crippen LogP contribution in [0.4, 0.5) is 14.5 Å². The zero-order valence-corrected chi connectivity index (χ0v) is 19.8. The number of halogens is 3. The van der Waals surface area contributed by atoms with Crippen molar-refractivity contribution in [3.8, 4) is 0 Å². The van der Waals surface area contributed by atoms with E-state index in [1.165, 1.54) is 36.2 Å². The van der Waals surface area contributed by atoms with Gasteiger partial charge in [0, 0.05) is 42.5 Å². The van der Waals surface area contributed by atoms with Crippen molar-refractivity contribution in [3.05, 3.63) is 58.4 Å². The molecule has 3 N–H and O–H groups in total. The zero-order chi connectivity index (χ0) is 24.3. The topological polar surface area (TPSA) is 101 Å². The molecule has 0 bridgehead atoms. The van der Waals surface area contributed by atoms with Gasteiger partial charge in [-0.3, -0.25) is 14.6 Å². The molecule has 1 aromatic heterocycles. The van der Waals surface area contributed by atoms with Crippen LogP contribution in [0.3, 0.4) is 0 Å². The molecule has 0 radical (unpaired) electrons. The molecule has 2 aliphatic heterocycles. The number of anilines is 1. The third-order valence-electron chi connectivity index (χ3n) is 6.76. The highest BCUT2D eigenvalue weighted by molar-refractivity contribution is 8.15. The van der Waals surface area contributed by atoms with Crippen LogP contribution in [0.15, 0.2) is 35.5 Å². The maximum absolute atomic E-state index is 15.1. The molecule has 2 aromatic rings. The summed E-state index contributed by atoms with van der Waals surface area (Å²) >= 11 is 7.01. The third-order valence-corrected chi connectivity index (χ3v) is 8.28. The SMILES string of the molecule is C[C@]1(c2cc(NC(=O)c3ccc(Cl)cn3)cc(F)c2F)N=C(N)S[C@@]2(C(=O)N3CCCC3)C[C@H]21. The minimum atomic E-state index is -1.27. The second-order valence-corrected chi connectivity index (χ2v) is 10.8. The van der Waals surface area contributed by atoms with Crippen LogP contribution in [0, 0.1) is 17.6 Å². The molecule has 1 saturated heterocycles. The molecule has 0 unspecified atom stereocenters. The molecule has 1 aliphatic carbocycles. The van der Waals surface area contributed by atoms with Gasteiger partial charge in [-0.25, -0.2) is 13.8 Å². The van der Waals surface area contributed by atoms with Crippen LogP contribution in [0.5, 0.6) is 0 Å². The van der Waals surface area contributed by atoms with Crippen LogP contribution in [-0.4, -0.2) is 44.7 Å². The molecule has 7 nitrogen and oxygen atoms in total. The molecule has 1 aromatic carbocycles. The number of aliphatic imine (C=N–C) groups is 1. The van der Waals surface area contributed by atoms with Gasteiger partial charge >= 0.3 is 0 Å². The van der Waals surface area contributed by atoms with Crippen LogP contribution in [0.2, 0.25) is 5.02 Å². The van der Waals surface area contributed by atoms with Gasteiger partial charge in [0.2, 0.25) is 5.91 Å². The maximum atomic E-state index is 15.1. The normalized spacial score (nSPS) is 27.7. The minimum Gasteiger partial charge on any atom is -0.378 e. The molecule has 5 rings (SSSR count). The number of amidine groups is 1. The summed E-state index contributed by atoms with van der Waals surface area (Å²) in [5.41, 5.74) is 4.90. The summed E-state index contributed by atoms with van der Waals surface area (Å²) in [4.78, 5) is 36.1. The average molecular weight is 506 g/mol. The van der Waals surface area contributed by atoms with Crippen molar-refractivity contribution < 1.29 is 18.4 Å². The summed E-state index contributed by atoms with van der Waals surface area (Å²) in [6.07, 6.45) is 3.67. The number of fused-ring (bicyclic) bond motifs is 1. The molecule has 178 valence electrons. The lowest BCUT2D eigenvalue weighted by Gasteiger charge is -2.35. The number of likely N-dealkylation sites (tertiary alicyclic amines) is 1. The van der Waals surface area contributed by atoms with Crippen molar-refractivity contribution in [2.75, 3.05) is 18.4 Å². The van der Waals surface area contributed by atoms with Gasteiger partial charge in [-0.1, -0.05) is 23.4 Å². The molecule has 2 amide bonds. The Balaban J connectivity index is 1.48. The quantitative estimate of drug-likeness (QED) is 0.656. The van der Waals surface area contributed by atoms with E-state index in [1.54, 1.807) is 6.92 Å². The number of nitrogens with one attached hydrogen (secondary N) is 1. The number of carbonyl (C=O) groups excluding carboxylic acids is 2. The number of nitrogens with zero attached hydrogens (tertiary/aromatic N) is 3. The molecular weight excluding hydrogens is 484 g/mol. The van der Waals surface area contributed by atoms with E-state index in [0.717, 1.165) is 18.9 Å². The minimum absolute atomic E-state index is 0.0248. The number of hydrogen-bond donors (Lipinski definition) is 2. The van der Waals surface area contributed by atoms with E-state index >= 15 is 4.39 Å². The molecule has 0 spiro atoms. The van der Waals surface area contributed by atoms with Gasteiger partial charge in [-0.05, 0) is 44.4 Å². The molecule has 3 aliphatic rings. The number of pyridine rings is 1. The van der Waals surface area contributed by atoms with Crippen molar-refractivity contribution in [1.29, 1.82) is 0 Å². The predicted octanol–water partition coefficient (Wildman–Crippen LogP) is 3.92. The van der Waals surface area contributed by atoms with E-state index in [9.17, 15) is 14.0 Å². The van der Waals surface area contributed by atoms with E-state index in [0.29, 0.717) is 24.5 Å². The number of thioether (sulfide) groups is 1. The first kappa shape index (κ1) is 23.0. The fraction of sp³-hybridized carbons (Fsp3) is 0.391. The van der Waals surface area contributed by atoms with Crippen molar-refractivity contribution in [2.45, 2.75) is 36.5 Å². The predicted molar refractivity (Wildman–Crippen MR) is 127 cm³/mol. The highest BCUT2D eigenvalue weighted by Crippen LogP contribution is 2.66.